The van der Waals surface area contributed by atoms with Crippen molar-refractivity contribution in [2.24, 2.45) is 0 Å². The van der Waals surface area contributed by atoms with Crippen molar-refractivity contribution in [2.75, 3.05) is 32.0 Å². The summed E-state index contributed by atoms with van der Waals surface area (Å²) in [4.78, 5) is 22.8. The molecule has 3 aromatic rings. The molecule has 0 saturated carbocycles. The summed E-state index contributed by atoms with van der Waals surface area (Å²) in [6.45, 7) is 1.99. The van der Waals surface area contributed by atoms with E-state index in [0.717, 1.165) is 0 Å². The zero-order valence-corrected chi connectivity index (χ0v) is 14.4. The molecular weight excluding hydrogens is 361 g/mol. The maximum atomic E-state index is 13.5. The number of benzene rings is 1. The first kappa shape index (κ1) is 16.7. The molecule has 0 radical (unpaired) electrons. The van der Waals surface area contributed by atoms with Crippen LogP contribution in [0.1, 0.15) is 10.5 Å². The highest BCUT2D eigenvalue weighted by atomic mass is 35.5. The molecule has 0 atom stereocenters. The quantitative estimate of drug-likeness (QED) is 0.742. The third kappa shape index (κ3) is 2.87. The van der Waals surface area contributed by atoms with Gasteiger partial charge in [-0.25, -0.2) is 14.4 Å². The van der Waals surface area contributed by atoms with Gasteiger partial charge in [-0.15, -0.1) is 0 Å². The number of carbonyl (C=O) groups excluding carboxylic acids is 1. The highest BCUT2D eigenvalue weighted by molar-refractivity contribution is 6.32. The van der Waals surface area contributed by atoms with Crippen molar-refractivity contribution < 1.29 is 13.9 Å². The molecule has 0 unspecified atom stereocenters. The molecule has 7 nitrogen and oxygen atoms in total. The molecule has 9 heteroatoms. The van der Waals surface area contributed by atoms with E-state index in [9.17, 15) is 9.18 Å². The minimum atomic E-state index is -0.409. The first-order chi connectivity index (χ1) is 12.5. The molecule has 0 spiro atoms. The Bertz CT molecular complexity index is 1000. The molecule has 1 fully saturated rings. The highest BCUT2D eigenvalue weighted by Crippen LogP contribution is 2.30. The fraction of sp³-hybridized carbons (Fsp3) is 0.235. The lowest BCUT2D eigenvalue weighted by atomic mass is 10.1. The van der Waals surface area contributed by atoms with E-state index in [-0.39, 0.29) is 28.2 Å². The third-order valence-corrected chi connectivity index (χ3v) is 4.55. The lowest BCUT2D eigenvalue weighted by Gasteiger charge is -2.25. The number of amides is 1. The van der Waals surface area contributed by atoms with Crippen molar-refractivity contribution in [3.05, 3.63) is 47.1 Å². The standard InChI is InChI=1S/C17H15ClFN5O2/c18-14-13(10-2-1-3-11(19)8-10)22-15(20)16-21-12(9-24(14)16)17(25)23-4-6-26-7-5-23/h1-3,8-9H,4-7H2,(H2,20,22). The van der Waals surface area contributed by atoms with Gasteiger partial charge in [-0.2, -0.15) is 0 Å². The van der Waals surface area contributed by atoms with Gasteiger partial charge in [0.2, 0.25) is 0 Å². The summed E-state index contributed by atoms with van der Waals surface area (Å²) in [6, 6.07) is 5.88. The van der Waals surface area contributed by atoms with Crippen LogP contribution in [0.5, 0.6) is 0 Å². The molecule has 1 amide bonds. The number of fused-ring (bicyclic) bond motifs is 1. The lowest BCUT2D eigenvalue weighted by Crippen LogP contribution is -2.40. The zero-order chi connectivity index (χ0) is 18.3. The fourth-order valence-corrected chi connectivity index (χ4v) is 3.17. The minimum Gasteiger partial charge on any atom is -0.381 e. The molecule has 3 heterocycles. The summed E-state index contributed by atoms with van der Waals surface area (Å²) in [5.74, 6) is -0.526. The monoisotopic (exact) mass is 375 g/mol. The maximum absolute atomic E-state index is 13.5. The first-order valence-electron chi connectivity index (χ1n) is 8.01. The Hall–Kier alpha value is -2.71. The summed E-state index contributed by atoms with van der Waals surface area (Å²) in [6.07, 6.45) is 1.52. The number of anilines is 1. The number of hydrogen-bond acceptors (Lipinski definition) is 5. The smallest absolute Gasteiger partial charge is 0.274 e. The maximum Gasteiger partial charge on any atom is 0.274 e. The summed E-state index contributed by atoms with van der Waals surface area (Å²) in [5, 5.41) is 0.202. The van der Waals surface area contributed by atoms with Gasteiger partial charge >= 0.3 is 0 Å². The normalized spacial score (nSPS) is 14.8. The first-order valence-corrected chi connectivity index (χ1v) is 8.39. The zero-order valence-electron chi connectivity index (χ0n) is 13.7. The van der Waals surface area contributed by atoms with Crippen LogP contribution >= 0.6 is 11.6 Å². The molecule has 134 valence electrons. The number of hydrogen-bond donors (Lipinski definition) is 1. The van der Waals surface area contributed by atoms with E-state index in [2.05, 4.69) is 9.97 Å². The van der Waals surface area contributed by atoms with Crippen molar-refractivity contribution in [1.29, 1.82) is 0 Å². The van der Waals surface area contributed by atoms with Gasteiger partial charge in [-0.1, -0.05) is 23.7 Å². The number of imidazole rings is 1. The van der Waals surface area contributed by atoms with Crippen LogP contribution in [0.3, 0.4) is 0 Å². The van der Waals surface area contributed by atoms with E-state index < -0.39 is 5.82 Å². The van der Waals surface area contributed by atoms with Gasteiger partial charge in [-0.3, -0.25) is 9.20 Å². The Morgan fingerprint density at radius 1 is 1.27 bits per heavy atom. The Kier molecular flexibility index (Phi) is 4.21. The van der Waals surface area contributed by atoms with Gasteiger partial charge in [-0.05, 0) is 12.1 Å². The number of morpholine rings is 1. The fourth-order valence-electron chi connectivity index (χ4n) is 2.89. The molecule has 2 N–H and O–H groups in total. The SMILES string of the molecule is Nc1nc(-c2cccc(F)c2)c(Cl)n2cc(C(=O)N3CCOCC3)nc12. The number of carbonyl (C=O) groups is 1. The summed E-state index contributed by atoms with van der Waals surface area (Å²) < 4.78 is 20.3. The highest BCUT2D eigenvalue weighted by Gasteiger charge is 2.23. The van der Waals surface area contributed by atoms with Gasteiger partial charge in [0.05, 0.1) is 13.2 Å². The van der Waals surface area contributed by atoms with Crippen molar-refractivity contribution in [1.82, 2.24) is 19.3 Å². The molecule has 1 saturated heterocycles. The predicted octanol–water partition coefficient (Wildman–Crippen LogP) is 2.24. The molecular formula is C17H15ClFN5O2. The van der Waals surface area contributed by atoms with Gasteiger partial charge in [0.1, 0.15) is 22.4 Å². The molecule has 1 aromatic carbocycles. The largest absolute Gasteiger partial charge is 0.381 e. The van der Waals surface area contributed by atoms with E-state index >= 15 is 0 Å². The van der Waals surface area contributed by atoms with E-state index in [4.69, 9.17) is 22.1 Å². The van der Waals surface area contributed by atoms with Gasteiger partial charge in [0, 0.05) is 24.8 Å². The Morgan fingerprint density at radius 3 is 2.77 bits per heavy atom. The van der Waals surface area contributed by atoms with Crippen LogP contribution in [-0.2, 0) is 4.74 Å². The number of rotatable bonds is 2. The number of nitrogens with two attached hydrogens (primary N) is 1. The molecule has 2 aromatic heterocycles. The lowest BCUT2D eigenvalue weighted by molar-refractivity contribution is 0.0299. The average Bonchev–Trinajstić information content (AvgIpc) is 3.11. The van der Waals surface area contributed by atoms with Crippen LogP contribution in [0.15, 0.2) is 30.5 Å². The van der Waals surface area contributed by atoms with Crippen LogP contribution < -0.4 is 5.73 Å². The minimum absolute atomic E-state index is 0.106. The number of aromatic nitrogens is 3. The number of ether oxygens (including phenoxy) is 1. The average molecular weight is 376 g/mol. The number of halogens is 2. The van der Waals surface area contributed by atoms with Crippen molar-refractivity contribution in [2.45, 2.75) is 0 Å². The third-order valence-electron chi connectivity index (χ3n) is 4.19. The van der Waals surface area contributed by atoms with Crippen molar-refractivity contribution >= 4 is 29.0 Å². The van der Waals surface area contributed by atoms with Gasteiger partial charge < -0.3 is 15.4 Å². The van der Waals surface area contributed by atoms with Crippen LogP contribution in [-0.4, -0.2) is 51.5 Å². The topological polar surface area (TPSA) is 85.8 Å². The molecule has 0 bridgehead atoms. The second kappa shape index (κ2) is 6.54. The Labute approximate surface area is 153 Å². The number of nitrogens with zero attached hydrogens (tertiary/aromatic N) is 4. The van der Waals surface area contributed by atoms with Crippen molar-refractivity contribution in [3.63, 3.8) is 0 Å². The molecule has 4 rings (SSSR count). The predicted molar refractivity (Wildman–Crippen MR) is 94.5 cm³/mol. The summed E-state index contributed by atoms with van der Waals surface area (Å²) in [7, 11) is 0. The second-order valence-corrected chi connectivity index (χ2v) is 6.23. The Morgan fingerprint density at radius 2 is 2.04 bits per heavy atom. The molecule has 0 aliphatic carbocycles. The summed E-state index contributed by atoms with van der Waals surface area (Å²) in [5.41, 5.74) is 7.31. The molecule has 1 aliphatic heterocycles. The van der Waals surface area contributed by atoms with Gasteiger partial charge in [0.25, 0.3) is 5.91 Å². The van der Waals surface area contributed by atoms with E-state index in [1.165, 1.54) is 22.7 Å². The van der Waals surface area contributed by atoms with E-state index in [0.29, 0.717) is 37.6 Å². The second-order valence-electron chi connectivity index (χ2n) is 5.87. The Balaban J connectivity index is 1.79. The number of nitrogen functional groups attached to an aromatic ring is 1. The van der Waals surface area contributed by atoms with Crippen LogP contribution in [0, 0.1) is 5.82 Å². The molecule has 26 heavy (non-hydrogen) atoms. The van der Waals surface area contributed by atoms with E-state index in [1.807, 2.05) is 0 Å². The van der Waals surface area contributed by atoms with Crippen molar-refractivity contribution in [3.8, 4) is 11.3 Å². The van der Waals surface area contributed by atoms with Gasteiger partial charge in [0.15, 0.2) is 11.5 Å². The van der Waals surface area contributed by atoms with E-state index in [1.54, 1.807) is 17.0 Å². The van der Waals surface area contributed by atoms with Crippen LogP contribution in [0.25, 0.3) is 16.9 Å². The van der Waals surface area contributed by atoms with Crippen LogP contribution in [0.2, 0.25) is 5.15 Å². The molecule has 1 aliphatic rings. The summed E-state index contributed by atoms with van der Waals surface area (Å²) >= 11 is 6.44. The van der Waals surface area contributed by atoms with Crippen LogP contribution in [0.4, 0.5) is 10.2 Å².